The second-order valence-electron chi connectivity index (χ2n) is 5.76. The van der Waals surface area contributed by atoms with Gasteiger partial charge in [-0.3, -0.25) is 9.36 Å². The highest BCUT2D eigenvalue weighted by molar-refractivity contribution is 7.18. The van der Waals surface area contributed by atoms with Gasteiger partial charge in [0.25, 0.3) is 5.56 Å². The molecule has 1 aromatic carbocycles. The minimum atomic E-state index is -0.291. The number of halogens is 1. The van der Waals surface area contributed by atoms with Crippen LogP contribution in [0.5, 0.6) is 0 Å². The van der Waals surface area contributed by atoms with Crippen molar-refractivity contribution < 1.29 is 4.39 Å². The number of thiophene rings is 1. The van der Waals surface area contributed by atoms with E-state index >= 15 is 0 Å². The van der Waals surface area contributed by atoms with Gasteiger partial charge < -0.3 is 0 Å². The number of aryl methyl sites for hydroxylation is 2. The number of fused-ring (bicyclic) bond motifs is 3. The first-order chi connectivity index (χ1) is 11.6. The third kappa shape index (κ3) is 2.50. The second kappa shape index (κ2) is 5.83. The molecular formula is C17H15FN4OS. The first-order valence-electron chi connectivity index (χ1n) is 7.69. The Labute approximate surface area is 141 Å². The minimum Gasteiger partial charge on any atom is -0.280 e. The van der Waals surface area contributed by atoms with Crippen LogP contribution in [0, 0.1) is 5.82 Å². The fraction of sp³-hybridized carbons (Fsp3) is 0.235. The second-order valence-corrected chi connectivity index (χ2v) is 6.84. The zero-order chi connectivity index (χ0) is 16.7. The van der Waals surface area contributed by atoms with Gasteiger partial charge in [0.2, 0.25) is 5.95 Å². The summed E-state index contributed by atoms with van der Waals surface area (Å²) in [5, 5.41) is 4.85. The van der Waals surface area contributed by atoms with Crippen molar-refractivity contribution in [3.05, 3.63) is 56.4 Å². The lowest BCUT2D eigenvalue weighted by Crippen LogP contribution is -2.21. The molecule has 7 heteroatoms. The number of hydrazone groups is 1. The molecule has 5 nitrogen and oxygen atoms in total. The molecule has 0 fully saturated rings. The van der Waals surface area contributed by atoms with Gasteiger partial charge in [0.05, 0.1) is 11.6 Å². The SMILES string of the molecule is Cn1c(N/N=C/c2ccc(F)cc2)nc2sc3c(c2c1=O)CCC3. The number of hydrogen-bond donors (Lipinski definition) is 1. The van der Waals surface area contributed by atoms with Crippen LogP contribution in [0.2, 0.25) is 0 Å². The molecule has 2 aromatic heterocycles. The van der Waals surface area contributed by atoms with Gasteiger partial charge in [0.1, 0.15) is 10.6 Å². The summed E-state index contributed by atoms with van der Waals surface area (Å²) >= 11 is 1.60. The van der Waals surface area contributed by atoms with E-state index in [1.165, 1.54) is 27.1 Å². The van der Waals surface area contributed by atoms with E-state index in [2.05, 4.69) is 15.5 Å². The third-order valence-electron chi connectivity index (χ3n) is 4.19. The largest absolute Gasteiger partial charge is 0.280 e. The molecule has 0 amide bonds. The number of rotatable bonds is 3. The summed E-state index contributed by atoms with van der Waals surface area (Å²) in [6.07, 6.45) is 4.67. The van der Waals surface area contributed by atoms with Gasteiger partial charge in [0.15, 0.2) is 0 Å². The van der Waals surface area contributed by atoms with Crippen molar-refractivity contribution in [1.29, 1.82) is 0 Å². The van der Waals surface area contributed by atoms with Crippen LogP contribution >= 0.6 is 11.3 Å². The van der Waals surface area contributed by atoms with Crippen LogP contribution in [0.15, 0.2) is 34.2 Å². The molecule has 24 heavy (non-hydrogen) atoms. The van der Waals surface area contributed by atoms with Gasteiger partial charge in [-0.2, -0.15) is 5.10 Å². The average molecular weight is 342 g/mol. The topological polar surface area (TPSA) is 59.3 Å². The van der Waals surface area contributed by atoms with Crippen LogP contribution in [0.4, 0.5) is 10.3 Å². The van der Waals surface area contributed by atoms with Gasteiger partial charge in [-0.05, 0) is 42.5 Å². The van der Waals surface area contributed by atoms with E-state index in [4.69, 9.17) is 0 Å². The Balaban J connectivity index is 1.66. The normalized spacial score (nSPS) is 13.8. The predicted octanol–water partition coefficient (Wildman–Crippen LogP) is 3.07. The first-order valence-corrected chi connectivity index (χ1v) is 8.51. The third-order valence-corrected chi connectivity index (χ3v) is 5.38. The van der Waals surface area contributed by atoms with Gasteiger partial charge in [-0.25, -0.2) is 14.8 Å². The van der Waals surface area contributed by atoms with Crippen LogP contribution in [-0.4, -0.2) is 15.8 Å². The van der Waals surface area contributed by atoms with Crippen molar-refractivity contribution in [2.75, 3.05) is 5.43 Å². The molecule has 0 aliphatic heterocycles. The summed E-state index contributed by atoms with van der Waals surface area (Å²) in [4.78, 5) is 19.2. The maximum atomic E-state index is 12.9. The number of hydrogen-bond acceptors (Lipinski definition) is 5. The highest BCUT2D eigenvalue weighted by Gasteiger charge is 2.22. The monoisotopic (exact) mass is 342 g/mol. The summed E-state index contributed by atoms with van der Waals surface area (Å²) in [6.45, 7) is 0. The Morgan fingerprint density at radius 3 is 2.92 bits per heavy atom. The smallest absolute Gasteiger partial charge is 0.263 e. The standard InChI is InChI=1S/C17H15FN4OS/c1-22-16(23)14-12-3-2-4-13(12)24-15(14)20-17(22)21-19-9-10-5-7-11(18)8-6-10/h5-9H,2-4H2,1H3,(H,20,21)/b19-9+. The van der Waals surface area contributed by atoms with Crippen molar-refractivity contribution in [1.82, 2.24) is 9.55 Å². The van der Waals surface area contributed by atoms with Crippen LogP contribution in [-0.2, 0) is 19.9 Å². The summed E-state index contributed by atoms with van der Waals surface area (Å²) < 4.78 is 14.4. The van der Waals surface area contributed by atoms with E-state index in [1.54, 1.807) is 36.7 Å². The van der Waals surface area contributed by atoms with Crippen molar-refractivity contribution >= 4 is 33.7 Å². The van der Waals surface area contributed by atoms with Crippen molar-refractivity contribution in [3.8, 4) is 0 Å². The van der Waals surface area contributed by atoms with Crippen LogP contribution in [0.1, 0.15) is 22.4 Å². The molecule has 0 bridgehead atoms. The Hall–Kier alpha value is -2.54. The Kier molecular flexibility index (Phi) is 3.65. The zero-order valence-electron chi connectivity index (χ0n) is 13.0. The summed E-state index contributed by atoms with van der Waals surface area (Å²) in [5.74, 6) is 0.103. The lowest BCUT2D eigenvalue weighted by Gasteiger charge is -2.06. The van der Waals surface area contributed by atoms with Gasteiger partial charge in [0, 0.05) is 11.9 Å². The van der Waals surface area contributed by atoms with Crippen molar-refractivity contribution in [2.24, 2.45) is 12.1 Å². The molecule has 0 unspecified atom stereocenters. The average Bonchev–Trinajstić information content (AvgIpc) is 3.14. The van der Waals surface area contributed by atoms with Crippen molar-refractivity contribution in [3.63, 3.8) is 0 Å². The Bertz CT molecular complexity index is 1000. The quantitative estimate of drug-likeness (QED) is 0.588. The Morgan fingerprint density at radius 2 is 2.12 bits per heavy atom. The molecule has 3 aromatic rings. The van der Waals surface area contributed by atoms with Crippen LogP contribution in [0.3, 0.4) is 0 Å². The predicted molar refractivity (Wildman–Crippen MR) is 94.5 cm³/mol. The molecule has 2 heterocycles. The fourth-order valence-electron chi connectivity index (χ4n) is 2.94. The molecule has 1 aliphatic rings. The molecule has 0 atom stereocenters. The van der Waals surface area contributed by atoms with Crippen LogP contribution < -0.4 is 11.0 Å². The summed E-state index contributed by atoms with van der Waals surface area (Å²) in [7, 11) is 1.68. The van der Waals surface area contributed by atoms with Gasteiger partial charge >= 0.3 is 0 Å². The van der Waals surface area contributed by atoms with Gasteiger partial charge in [-0.15, -0.1) is 11.3 Å². The van der Waals surface area contributed by atoms with E-state index in [1.807, 2.05) is 0 Å². The first kappa shape index (κ1) is 15.0. The number of anilines is 1. The minimum absolute atomic E-state index is 0.0427. The number of benzene rings is 1. The molecule has 0 saturated carbocycles. The van der Waals surface area contributed by atoms with Gasteiger partial charge in [-0.1, -0.05) is 12.1 Å². The van der Waals surface area contributed by atoms with E-state index in [0.29, 0.717) is 5.95 Å². The Morgan fingerprint density at radius 1 is 1.33 bits per heavy atom. The molecule has 122 valence electrons. The van der Waals surface area contributed by atoms with E-state index in [9.17, 15) is 9.18 Å². The maximum absolute atomic E-state index is 12.9. The molecule has 0 radical (unpaired) electrons. The van der Waals surface area contributed by atoms with Crippen LogP contribution in [0.25, 0.3) is 10.2 Å². The molecule has 4 rings (SSSR count). The molecule has 0 spiro atoms. The molecule has 1 N–H and O–H groups in total. The highest BCUT2D eigenvalue weighted by atomic mass is 32.1. The number of aromatic nitrogens is 2. The lowest BCUT2D eigenvalue weighted by molar-refractivity contribution is 0.628. The van der Waals surface area contributed by atoms with E-state index in [-0.39, 0.29) is 11.4 Å². The molecular weight excluding hydrogens is 327 g/mol. The fourth-order valence-corrected chi connectivity index (χ4v) is 4.19. The maximum Gasteiger partial charge on any atom is 0.263 e. The van der Waals surface area contributed by atoms with E-state index in [0.717, 1.165) is 35.0 Å². The summed E-state index contributed by atoms with van der Waals surface area (Å²) in [6, 6.07) is 5.99. The zero-order valence-corrected chi connectivity index (χ0v) is 13.9. The molecule has 0 saturated heterocycles. The highest BCUT2D eigenvalue weighted by Crippen LogP contribution is 2.34. The molecule has 1 aliphatic carbocycles. The lowest BCUT2D eigenvalue weighted by atomic mass is 10.2. The summed E-state index contributed by atoms with van der Waals surface area (Å²) in [5.41, 5.74) is 4.69. The van der Waals surface area contributed by atoms with E-state index < -0.39 is 0 Å². The number of nitrogens with zero attached hydrogens (tertiary/aromatic N) is 3. The van der Waals surface area contributed by atoms with Crippen molar-refractivity contribution in [2.45, 2.75) is 19.3 Å². The number of nitrogens with one attached hydrogen (secondary N) is 1.